The van der Waals surface area contributed by atoms with E-state index in [4.69, 9.17) is 10.6 Å². The summed E-state index contributed by atoms with van der Waals surface area (Å²) in [5.41, 5.74) is 5.82. The zero-order chi connectivity index (χ0) is 14.4. The number of guanidine groups is 1. The Balaban J connectivity index is 2.93. The minimum atomic E-state index is 0.0274. The Labute approximate surface area is 122 Å². The maximum atomic E-state index is 5.50. The molecule has 6 heteroatoms. The summed E-state index contributed by atoms with van der Waals surface area (Å²) in [7, 11) is 1.65. The predicted molar refractivity (Wildman–Crippen MR) is 83.3 cm³/mol. The maximum Gasteiger partial charge on any atom is 0.210 e. The van der Waals surface area contributed by atoms with Crippen molar-refractivity contribution in [3.05, 3.63) is 27.7 Å². The second kappa shape index (κ2) is 7.47. The van der Waals surface area contributed by atoms with Crippen molar-refractivity contribution in [2.24, 2.45) is 10.8 Å². The molecule has 0 aliphatic rings. The highest BCUT2D eigenvalue weighted by molar-refractivity contribution is 9.10. The summed E-state index contributed by atoms with van der Waals surface area (Å²) in [6.07, 6.45) is 0. The van der Waals surface area contributed by atoms with Crippen molar-refractivity contribution in [3.8, 4) is 0 Å². The predicted octanol–water partition coefficient (Wildman–Crippen LogP) is 2.33. The minimum Gasteiger partial charge on any atom is -0.382 e. The van der Waals surface area contributed by atoms with Gasteiger partial charge in [-0.15, -0.1) is 0 Å². The number of methoxy groups -OCH3 is 1. The van der Waals surface area contributed by atoms with E-state index in [1.165, 1.54) is 0 Å². The first-order valence-electron chi connectivity index (χ1n) is 6.05. The highest BCUT2D eigenvalue weighted by Gasteiger charge is 2.08. The number of hydrogen-bond acceptors (Lipinski definition) is 3. The molecule has 5 nitrogen and oxygen atoms in total. The van der Waals surface area contributed by atoms with Crippen molar-refractivity contribution < 1.29 is 4.74 Å². The average molecular weight is 329 g/mol. The fraction of sp³-hybridized carbons (Fsp3) is 0.462. The van der Waals surface area contributed by atoms with Crippen LogP contribution in [-0.4, -0.2) is 25.7 Å². The summed E-state index contributed by atoms with van der Waals surface area (Å²) in [6.45, 7) is 6.58. The van der Waals surface area contributed by atoms with Gasteiger partial charge in [0.15, 0.2) is 0 Å². The molecule has 0 aliphatic carbocycles. The summed E-state index contributed by atoms with van der Waals surface area (Å²) in [5.74, 6) is 6.03. The van der Waals surface area contributed by atoms with E-state index in [0.717, 1.165) is 21.3 Å². The Bertz CT molecular complexity index is 439. The highest BCUT2D eigenvalue weighted by atomic mass is 79.9. The molecule has 0 aliphatic heterocycles. The number of rotatable bonds is 4. The van der Waals surface area contributed by atoms with Crippen LogP contribution >= 0.6 is 15.9 Å². The van der Waals surface area contributed by atoms with Gasteiger partial charge in [0.05, 0.1) is 12.6 Å². The molecule has 0 spiro atoms. The number of hydrogen-bond donors (Lipinski definition) is 3. The summed E-state index contributed by atoms with van der Waals surface area (Å²) < 4.78 is 6.11. The second-order valence-electron chi connectivity index (χ2n) is 4.47. The molecule has 1 rings (SSSR count). The van der Waals surface area contributed by atoms with Gasteiger partial charge in [-0.1, -0.05) is 15.9 Å². The van der Waals surface area contributed by atoms with Crippen LogP contribution in [0.3, 0.4) is 0 Å². The quantitative estimate of drug-likeness (QED) is 0.343. The third-order valence-corrected chi connectivity index (χ3v) is 3.09. The standard InChI is InChI=1S/C13H21BrN4O/c1-8-5-11(14)6-9(2)12(8)17-13(18-15)16-10(3)7-19-4/h5-6,10H,7,15H2,1-4H3,(H2,16,17,18). The number of nitrogens with zero attached hydrogens (tertiary/aromatic N) is 1. The van der Waals surface area contributed by atoms with Crippen LogP contribution in [0, 0.1) is 13.8 Å². The van der Waals surface area contributed by atoms with E-state index >= 15 is 0 Å². The smallest absolute Gasteiger partial charge is 0.210 e. The monoisotopic (exact) mass is 328 g/mol. The molecule has 4 N–H and O–H groups in total. The second-order valence-corrected chi connectivity index (χ2v) is 5.38. The molecule has 0 heterocycles. The highest BCUT2D eigenvalue weighted by Crippen LogP contribution is 2.24. The summed E-state index contributed by atoms with van der Waals surface area (Å²) >= 11 is 3.48. The van der Waals surface area contributed by atoms with Gasteiger partial charge in [-0.25, -0.2) is 10.8 Å². The maximum absolute atomic E-state index is 5.50. The molecule has 19 heavy (non-hydrogen) atoms. The zero-order valence-corrected chi connectivity index (χ0v) is 13.3. The Kier molecular flexibility index (Phi) is 6.27. The number of halogens is 1. The van der Waals surface area contributed by atoms with Gasteiger partial charge >= 0.3 is 0 Å². The number of ether oxygens (including phenoxy) is 1. The Hall–Kier alpha value is -1.11. The lowest BCUT2D eigenvalue weighted by Gasteiger charge is -2.16. The molecule has 0 saturated heterocycles. The first kappa shape index (κ1) is 15.9. The third-order valence-electron chi connectivity index (χ3n) is 2.63. The van der Waals surface area contributed by atoms with Crippen LogP contribution in [0.25, 0.3) is 0 Å². The van der Waals surface area contributed by atoms with E-state index in [1.54, 1.807) is 7.11 Å². The molecule has 0 radical (unpaired) electrons. The molecule has 1 atom stereocenters. The van der Waals surface area contributed by atoms with E-state index in [1.807, 2.05) is 32.9 Å². The normalized spacial score (nSPS) is 13.3. The number of hydrazine groups is 1. The first-order chi connectivity index (χ1) is 8.97. The zero-order valence-electron chi connectivity index (χ0n) is 11.7. The van der Waals surface area contributed by atoms with E-state index in [2.05, 4.69) is 31.7 Å². The van der Waals surface area contributed by atoms with Gasteiger partial charge in [-0.3, -0.25) is 5.43 Å². The Morgan fingerprint density at radius 1 is 1.42 bits per heavy atom. The van der Waals surface area contributed by atoms with E-state index in [9.17, 15) is 0 Å². The van der Waals surface area contributed by atoms with Crippen molar-refractivity contribution in [1.82, 2.24) is 5.43 Å². The summed E-state index contributed by atoms with van der Waals surface area (Å²) in [5, 5.41) is 3.22. The lowest BCUT2D eigenvalue weighted by molar-refractivity contribution is 0.185. The number of nitrogens with two attached hydrogens (primary N) is 1. The lowest BCUT2D eigenvalue weighted by Crippen LogP contribution is -2.37. The molecule has 106 valence electrons. The lowest BCUT2D eigenvalue weighted by atomic mass is 10.1. The van der Waals surface area contributed by atoms with Gasteiger partial charge in [0.1, 0.15) is 0 Å². The van der Waals surface area contributed by atoms with E-state index in [-0.39, 0.29) is 6.04 Å². The molecule has 0 saturated carbocycles. The van der Waals surface area contributed by atoms with Gasteiger partial charge in [-0.2, -0.15) is 0 Å². The van der Waals surface area contributed by atoms with Crippen LogP contribution in [0.2, 0.25) is 0 Å². The average Bonchev–Trinajstić information content (AvgIpc) is 2.32. The number of aryl methyl sites for hydroxylation is 2. The molecule has 0 amide bonds. The van der Waals surface area contributed by atoms with E-state index < -0.39 is 0 Å². The SMILES string of the molecule is COCC(C)N=C(NN)Nc1c(C)cc(Br)cc1C. The van der Waals surface area contributed by atoms with Gasteiger partial charge in [0.25, 0.3) is 0 Å². The van der Waals surface area contributed by atoms with Gasteiger partial charge < -0.3 is 10.1 Å². The molecule has 1 unspecified atom stereocenters. The summed E-state index contributed by atoms with van der Waals surface area (Å²) in [4.78, 5) is 4.42. The molecule has 0 fully saturated rings. The van der Waals surface area contributed by atoms with Gasteiger partial charge in [0.2, 0.25) is 5.96 Å². The van der Waals surface area contributed by atoms with Crippen LogP contribution in [0.1, 0.15) is 18.1 Å². The minimum absolute atomic E-state index is 0.0274. The topological polar surface area (TPSA) is 71.7 Å². The number of aliphatic imine (C=N–C) groups is 1. The molecular formula is C13H21BrN4O. The number of benzene rings is 1. The molecular weight excluding hydrogens is 308 g/mol. The molecule has 0 bridgehead atoms. The van der Waals surface area contributed by atoms with Crippen LogP contribution in [0.5, 0.6) is 0 Å². The van der Waals surface area contributed by atoms with Crippen LogP contribution in [0.4, 0.5) is 5.69 Å². The summed E-state index contributed by atoms with van der Waals surface area (Å²) in [6, 6.07) is 4.11. The number of anilines is 1. The first-order valence-corrected chi connectivity index (χ1v) is 6.84. The van der Waals surface area contributed by atoms with Crippen LogP contribution in [0.15, 0.2) is 21.6 Å². The number of nitrogens with one attached hydrogen (secondary N) is 2. The Morgan fingerprint density at radius 2 is 2.00 bits per heavy atom. The van der Waals surface area contributed by atoms with Gasteiger partial charge in [-0.05, 0) is 44.0 Å². The van der Waals surface area contributed by atoms with Crippen molar-refractivity contribution >= 4 is 27.6 Å². The van der Waals surface area contributed by atoms with Crippen molar-refractivity contribution in [2.75, 3.05) is 19.0 Å². The van der Waals surface area contributed by atoms with Crippen LogP contribution in [-0.2, 0) is 4.74 Å². The Morgan fingerprint density at radius 3 is 2.47 bits per heavy atom. The molecule has 1 aromatic rings. The van der Waals surface area contributed by atoms with Gasteiger partial charge in [0, 0.05) is 17.3 Å². The largest absolute Gasteiger partial charge is 0.382 e. The van der Waals surface area contributed by atoms with Crippen LogP contribution < -0.4 is 16.6 Å². The van der Waals surface area contributed by atoms with E-state index in [0.29, 0.717) is 12.6 Å². The third kappa shape index (κ3) is 4.81. The van der Waals surface area contributed by atoms with Crippen molar-refractivity contribution in [2.45, 2.75) is 26.8 Å². The fourth-order valence-corrected chi connectivity index (χ4v) is 2.52. The molecule has 0 aromatic heterocycles. The van der Waals surface area contributed by atoms with Crippen molar-refractivity contribution in [1.29, 1.82) is 0 Å². The van der Waals surface area contributed by atoms with Crippen molar-refractivity contribution in [3.63, 3.8) is 0 Å². The molecule has 1 aromatic carbocycles. The fourth-order valence-electron chi connectivity index (χ4n) is 1.83.